The third-order valence-corrected chi connectivity index (χ3v) is 3.44. The van der Waals surface area contributed by atoms with Crippen LogP contribution in [0.5, 0.6) is 0 Å². The van der Waals surface area contributed by atoms with Crippen LogP contribution in [0.4, 0.5) is 6.01 Å². The van der Waals surface area contributed by atoms with E-state index in [4.69, 9.17) is 10.2 Å². The van der Waals surface area contributed by atoms with E-state index in [9.17, 15) is 4.79 Å². The molecule has 2 unspecified atom stereocenters. The molecule has 0 aliphatic heterocycles. The Labute approximate surface area is 99.0 Å². The van der Waals surface area contributed by atoms with Crippen molar-refractivity contribution < 1.29 is 9.21 Å². The summed E-state index contributed by atoms with van der Waals surface area (Å²) < 4.78 is 5.38. The molecular formula is C11H16N4O2. The van der Waals surface area contributed by atoms with Gasteiger partial charge in [0.1, 0.15) is 0 Å². The third-order valence-electron chi connectivity index (χ3n) is 3.44. The highest BCUT2D eigenvalue weighted by atomic mass is 16.4. The normalized spacial score (nSPS) is 28.3. The summed E-state index contributed by atoms with van der Waals surface area (Å²) in [6.07, 6.45) is 4.71. The Morgan fingerprint density at radius 1 is 1.29 bits per heavy atom. The third kappa shape index (κ3) is 2.31. The van der Waals surface area contributed by atoms with Gasteiger partial charge in [0.15, 0.2) is 0 Å². The van der Waals surface area contributed by atoms with Crippen LogP contribution in [0.1, 0.15) is 43.9 Å². The van der Waals surface area contributed by atoms with E-state index in [-0.39, 0.29) is 23.9 Å². The van der Waals surface area contributed by atoms with Gasteiger partial charge in [-0.1, -0.05) is 5.10 Å². The van der Waals surface area contributed by atoms with Crippen LogP contribution in [0.3, 0.4) is 0 Å². The molecule has 92 valence electrons. The van der Waals surface area contributed by atoms with Gasteiger partial charge >= 0.3 is 6.01 Å². The van der Waals surface area contributed by atoms with E-state index in [1.165, 1.54) is 0 Å². The molecular weight excluding hydrogens is 220 g/mol. The Kier molecular flexibility index (Phi) is 2.58. The molecule has 3 rings (SSSR count). The SMILES string of the molecule is NC1CCC(C(=O)Nc2nnc(C3CC3)o2)C1. The fourth-order valence-electron chi connectivity index (χ4n) is 2.24. The molecule has 1 amide bonds. The van der Waals surface area contributed by atoms with Crippen LogP contribution in [0.25, 0.3) is 0 Å². The summed E-state index contributed by atoms with van der Waals surface area (Å²) in [6, 6.07) is 0.368. The van der Waals surface area contributed by atoms with Gasteiger partial charge in [-0.2, -0.15) is 0 Å². The molecule has 2 aliphatic rings. The second kappa shape index (κ2) is 4.10. The number of nitrogens with zero attached hydrogens (tertiary/aromatic N) is 2. The Morgan fingerprint density at radius 3 is 2.76 bits per heavy atom. The number of carbonyl (C=O) groups excluding carboxylic acids is 1. The molecule has 3 N–H and O–H groups in total. The summed E-state index contributed by atoms with van der Waals surface area (Å²) in [6.45, 7) is 0. The lowest BCUT2D eigenvalue weighted by Crippen LogP contribution is -2.23. The Morgan fingerprint density at radius 2 is 2.12 bits per heavy atom. The summed E-state index contributed by atoms with van der Waals surface area (Å²) in [7, 11) is 0. The predicted octanol–water partition coefficient (Wildman–Crippen LogP) is 1.01. The van der Waals surface area contributed by atoms with E-state index in [0.717, 1.165) is 32.1 Å². The number of amides is 1. The highest BCUT2D eigenvalue weighted by molar-refractivity contribution is 5.90. The Bertz CT molecular complexity index is 427. The van der Waals surface area contributed by atoms with Crippen molar-refractivity contribution in [1.29, 1.82) is 0 Å². The summed E-state index contributed by atoms with van der Waals surface area (Å²) in [5.74, 6) is 0.988. The number of nitrogens with one attached hydrogen (secondary N) is 1. The van der Waals surface area contributed by atoms with Gasteiger partial charge in [-0.3, -0.25) is 10.1 Å². The molecule has 1 aromatic heterocycles. The van der Waals surface area contributed by atoms with E-state index < -0.39 is 0 Å². The molecule has 1 heterocycles. The molecule has 6 heteroatoms. The number of nitrogens with two attached hydrogens (primary N) is 1. The van der Waals surface area contributed by atoms with Crippen LogP contribution in [-0.4, -0.2) is 22.1 Å². The zero-order chi connectivity index (χ0) is 11.8. The first-order valence-corrected chi connectivity index (χ1v) is 6.12. The zero-order valence-corrected chi connectivity index (χ0v) is 9.56. The molecule has 2 atom stereocenters. The van der Waals surface area contributed by atoms with E-state index >= 15 is 0 Å². The maximum absolute atomic E-state index is 11.9. The van der Waals surface area contributed by atoms with Crippen LogP contribution in [0.15, 0.2) is 4.42 Å². The van der Waals surface area contributed by atoms with Crippen molar-refractivity contribution in [2.45, 2.75) is 44.1 Å². The molecule has 0 bridgehead atoms. The van der Waals surface area contributed by atoms with Gasteiger partial charge in [-0.15, -0.1) is 5.10 Å². The van der Waals surface area contributed by atoms with Crippen LogP contribution in [-0.2, 0) is 4.79 Å². The van der Waals surface area contributed by atoms with Crippen LogP contribution in [0.2, 0.25) is 0 Å². The first-order valence-electron chi connectivity index (χ1n) is 6.12. The summed E-state index contributed by atoms with van der Waals surface area (Å²) >= 11 is 0. The predicted molar refractivity (Wildman–Crippen MR) is 60.2 cm³/mol. The number of carbonyl (C=O) groups is 1. The summed E-state index contributed by atoms with van der Waals surface area (Å²) in [4.78, 5) is 11.9. The maximum atomic E-state index is 11.9. The lowest BCUT2D eigenvalue weighted by atomic mass is 10.1. The van der Waals surface area contributed by atoms with Gasteiger partial charge in [0.05, 0.1) is 0 Å². The number of hydrogen-bond donors (Lipinski definition) is 2. The number of anilines is 1. The van der Waals surface area contributed by atoms with Gasteiger partial charge in [0.2, 0.25) is 11.8 Å². The average Bonchev–Trinajstić information content (AvgIpc) is 2.90. The highest BCUT2D eigenvalue weighted by Gasteiger charge is 2.31. The molecule has 2 fully saturated rings. The van der Waals surface area contributed by atoms with Crippen LogP contribution >= 0.6 is 0 Å². The van der Waals surface area contributed by atoms with Crippen molar-refractivity contribution >= 4 is 11.9 Å². The smallest absolute Gasteiger partial charge is 0.322 e. The zero-order valence-electron chi connectivity index (χ0n) is 9.56. The van der Waals surface area contributed by atoms with Crippen LogP contribution < -0.4 is 11.1 Å². The second-order valence-electron chi connectivity index (χ2n) is 4.98. The molecule has 1 aromatic rings. The maximum Gasteiger partial charge on any atom is 0.322 e. The minimum atomic E-state index is -0.0519. The van der Waals surface area contributed by atoms with E-state index in [2.05, 4.69) is 15.5 Å². The molecule has 0 aromatic carbocycles. The van der Waals surface area contributed by atoms with Crippen molar-refractivity contribution in [3.63, 3.8) is 0 Å². The van der Waals surface area contributed by atoms with Crippen molar-refractivity contribution in [2.24, 2.45) is 11.7 Å². The van der Waals surface area contributed by atoms with E-state index in [1.54, 1.807) is 0 Å². The molecule has 17 heavy (non-hydrogen) atoms. The molecule has 2 saturated carbocycles. The summed E-state index contributed by atoms with van der Waals surface area (Å²) in [5.41, 5.74) is 5.78. The van der Waals surface area contributed by atoms with Crippen molar-refractivity contribution in [3.8, 4) is 0 Å². The van der Waals surface area contributed by atoms with E-state index in [1.807, 2.05) is 0 Å². The van der Waals surface area contributed by atoms with Gasteiger partial charge in [-0.25, -0.2) is 0 Å². The largest absolute Gasteiger partial charge is 0.408 e. The molecule has 0 spiro atoms. The molecule has 0 radical (unpaired) electrons. The van der Waals surface area contributed by atoms with Crippen molar-refractivity contribution in [1.82, 2.24) is 10.2 Å². The number of rotatable bonds is 3. The minimum absolute atomic E-state index is 0.0127. The monoisotopic (exact) mass is 236 g/mol. The summed E-state index contributed by atoms with van der Waals surface area (Å²) in [5, 5.41) is 10.4. The quantitative estimate of drug-likeness (QED) is 0.816. The standard InChI is InChI=1S/C11H16N4O2/c12-8-4-3-7(5-8)9(16)13-11-15-14-10(17-11)6-1-2-6/h6-8H,1-5,12H2,(H,13,15,16). The van der Waals surface area contributed by atoms with Gasteiger partial charge in [0, 0.05) is 17.9 Å². The first kappa shape index (κ1) is 10.7. The lowest BCUT2D eigenvalue weighted by Gasteiger charge is -2.07. The highest BCUT2D eigenvalue weighted by Crippen LogP contribution is 2.39. The fraction of sp³-hybridized carbons (Fsp3) is 0.727. The Balaban J connectivity index is 1.59. The topological polar surface area (TPSA) is 94.0 Å². The van der Waals surface area contributed by atoms with Gasteiger partial charge in [0.25, 0.3) is 0 Å². The van der Waals surface area contributed by atoms with Crippen LogP contribution in [0, 0.1) is 5.92 Å². The first-order chi connectivity index (χ1) is 8.22. The van der Waals surface area contributed by atoms with Crippen molar-refractivity contribution in [2.75, 3.05) is 5.32 Å². The Hall–Kier alpha value is -1.43. The van der Waals surface area contributed by atoms with Crippen molar-refractivity contribution in [3.05, 3.63) is 5.89 Å². The molecule has 6 nitrogen and oxygen atoms in total. The fourth-order valence-corrected chi connectivity index (χ4v) is 2.24. The van der Waals surface area contributed by atoms with E-state index in [0.29, 0.717) is 11.8 Å². The second-order valence-corrected chi connectivity index (χ2v) is 4.98. The lowest BCUT2D eigenvalue weighted by molar-refractivity contribution is -0.119. The molecule has 2 aliphatic carbocycles. The van der Waals surface area contributed by atoms with Gasteiger partial charge < -0.3 is 10.2 Å². The number of aromatic nitrogens is 2. The average molecular weight is 236 g/mol. The number of hydrogen-bond acceptors (Lipinski definition) is 5. The molecule has 0 saturated heterocycles. The minimum Gasteiger partial charge on any atom is -0.408 e. The van der Waals surface area contributed by atoms with Gasteiger partial charge in [-0.05, 0) is 32.1 Å².